The lowest BCUT2D eigenvalue weighted by atomic mass is 10.0. The summed E-state index contributed by atoms with van der Waals surface area (Å²) in [5, 5.41) is 28.3. The number of ether oxygens (including phenoxy) is 3. The number of nitriles is 2. The predicted octanol–water partition coefficient (Wildman–Crippen LogP) is 2.87. The topological polar surface area (TPSA) is 116 Å². The molecule has 0 aliphatic carbocycles. The quantitative estimate of drug-likeness (QED) is 0.552. The first-order valence-corrected chi connectivity index (χ1v) is 9.00. The highest BCUT2D eigenvalue weighted by Crippen LogP contribution is 2.41. The molecule has 2 aromatic carbocycles. The van der Waals surface area contributed by atoms with Crippen molar-refractivity contribution in [3.63, 3.8) is 0 Å². The summed E-state index contributed by atoms with van der Waals surface area (Å²) in [5.41, 5.74) is 1.23. The van der Waals surface area contributed by atoms with E-state index in [0.717, 1.165) is 0 Å². The van der Waals surface area contributed by atoms with Gasteiger partial charge in [-0.2, -0.15) is 10.5 Å². The Morgan fingerprint density at radius 3 is 2.50 bits per heavy atom. The van der Waals surface area contributed by atoms with Crippen LogP contribution in [0.25, 0.3) is 6.08 Å². The minimum absolute atomic E-state index is 0.00564. The van der Waals surface area contributed by atoms with Gasteiger partial charge in [-0.15, -0.1) is 0 Å². The molecule has 0 unspecified atom stereocenters. The number of fused-ring (bicyclic) bond motifs is 1. The minimum Gasteiger partial charge on any atom is -0.507 e. The van der Waals surface area contributed by atoms with Crippen molar-refractivity contribution < 1.29 is 24.1 Å². The normalized spacial score (nSPS) is 13.5. The third kappa shape index (κ3) is 3.90. The van der Waals surface area contributed by atoms with E-state index < -0.39 is 0 Å². The number of hydrogen-bond donors (Lipinski definition) is 1. The zero-order valence-corrected chi connectivity index (χ0v) is 16.5. The molecular weight excluding hydrogens is 386 g/mol. The first-order chi connectivity index (χ1) is 14.5. The van der Waals surface area contributed by atoms with Crippen molar-refractivity contribution >= 4 is 11.9 Å². The molecule has 0 aromatic heterocycles. The number of para-hydroxylation sites is 1. The molecule has 0 spiro atoms. The number of Topliss-reactive ketones (excluding diaryl/α,β-unsaturated/α-hetero) is 1. The summed E-state index contributed by atoms with van der Waals surface area (Å²) in [6.07, 6.45) is 1.55. The van der Waals surface area contributed by atoms with E-state index in [1.54, 1.807) is 24.3 Å². The number of nitrogens with zero attached hydrogens (tertiary/aromatic N) is 3. The number of benzene rings is 2. The maximum Gasteiger partial charge on any atom is 0.231 e. The molecule has 8 nitrogen and oxygen atoms in total. The van der Waals surface area contributed by atoms with Gasteiger partial charge in [0.1, 0.15) is 11.5 Å². The molecule has 1 aliphatic rings. The lowest BCUT2D eigenvalue weighted by molar-refractivity contribution is 0.101. The number of phenols is 1. The molecular formula is C22H19N3O5. The van der Waals surface area contributed by atoms with Crippen LogP contribution in [0.15, 0.2) is 36.1 Å². The van der Waals surface area contributed by atoms with Gasteiger partial charge in [-0.25, -0.2) is 0 Å². The summed E-state index contributed by atoms with van der Waals surface area (Å²) < 4.78 is 16.5. The molecule has 152 valence electrons. The highest BCUT2D eigenvalue weighted by Gasteiger charge is 2.32. The van der Waals surface area contributed by atoms with Crippen LogP contribution in [0.1, 0.15) is 21.5 Å². The molecule has 0 amide bonds. The van der Waals surface area contributed by atoms with Crippen LogP contribution in [0, 0.1) is 22.7 Å². The second-order valence-corrected chi connectivity index (χ2v) is 6.42. The summed E-state index contributed by atoms with van der Waals surface area (Å²) in [4.78, 5) is 14.4. The highest BCUT2D eigenvalue weighted by atomic mass is 16.5. The van der Waals surface area contributed by atoms with Crippen molar-refractivity contribution in [2.75, 3.05) is 27.3 Å². The predicted molar refractivity (Wildman–Crippen MR) is 107 cm³/mol. The molecule has 0 bridgehead atoms. The van der Waals surface area contributed by atoms with Crippen molar-refractivity contribution in [2.24, 2.45) is 0 Å². The number of methoxy groups -OCH3 is 2. The van der Waals surface area contributed by atoms with Crippen molar-refractivity contribution in [1.82, 2.24) is 4.90 Å². The number of ketones is 1. The van der Waals surface area contributed by atoms with Gasteiger partial charge in [0.05, 0.1) is 50.6 Å². The molecule has 30 heavy (non-hydrogen) atoms. The Labute approximate surface area is 173 Å². The number of allylic oxidation sites excluding steroid dienone is 1. The second kappa shape index (κ2) is 8.99. The maximum atomic E-state index is 12.9. The van der Waals surface area contributed by atoms with Crippen molar-refractivity contribution in [3.05, 3.63) is 52.8 Å². The van der Waals surface area contributed by atoms with Gasteiger partial charge in [-0.3, -0.25) is 9.69 Å². The smallest absolute Gasteiger partial charge is 0.231 e. The van der Waals surface area contributed by atoms with Crippen LogP contribution in [-0.2, 0) is 6.54 Å². The molecule has 8 heteroatoms. The largest absolute Gasteiger partial charge is 0.507 e. The molecule has 0 radical (unpaired) electrons. The third-order valence-corrected chi connectivity index (χ3v) is 4.61. The van der Waals surface area contributed by atoms with Crippen molar-refractivity contribution in [2.45, 2.75) is 6.54 Å². The number of aromatic hydroxyl groups is 1. The van der Waals surface area contributed by atoms with Gasteiger partial charge in [0.15, 0.2) is 17.3 Å². The molecule has 0 saturated heterocycles. The van der Waals surface area contributed by atoms with Gasteiger partial charge in [0, 0.05) is 12.1 Å². The van der Waals surface area contributed by atoms with E-state index in [1.165, 1.54) is 31.3 Å². The zero-order valence-electron chi connectivity index (χ0n) is 16.5. The number of phenolic OH excluding ortho intramolecular Hbond substituents is 1. The van der Waals surface area contributed by atoms with Crippen LogP contribution in [-0.4, -0.2) is 43.1 Å². The Hall–Kier alpha value is -4.01. The molecule has 1 aliphatic heterocycles. The Kier molecular flexibility index (Phi) is 6.21. The maximum absolute atomic E-state index is 12.9. The fraction of sp³-hybridized carbons (Fsp3) is 0.227. The molecule has 1 heterocycles. The van der Waals surface area contributed by atoms with Crippen LogP contribution < -0.4 is 14.2 Å². The lowest BCUT2D eigenvalue weighted by Gasteiger charge is -2.17. The summed E-state index contributed by atoms with van der Waals surface area (Å²) in [6.45, 7) is 0.0712. The summed E-state index contributed by atoms with van der Waals surface area (Å²) >= 11 is 0. The lowest BCUT2D eigenvalue weighted by Crippen LogP contribution is -2.24. The molecule has 1 N–H and O–H groups in total. The average molecular weight is 405 g/mol. The van der Waals surface area contributed by atoms with E-state index in [0.29, 0.717) is 28.2 Å². The Balaban J connectivity index is 2.00. The average Bonchev–Trinajstić information content (AvgIpc) is 3.05. The van der Waals surface area contributed by atoms with E-state index in [1.807, 2.05) is 12.1 Å². The number of rotatable bonds is 7. The monoisotopic (exact) mass is 405 g/mol. The van der Waals surface area contributed by atoms with Gasteiger partial charge >= 0.3 is 0 Å². The SMILES string of the molecule is COc1cccc(/C=C2\Oc3c(ccc(O)c3CN(CC#N)CC#N)C2=O)c1OC. The van der Waals surface area contributed by atoms with Crippen LogP contribution in [0.4, 0.5) is 0 Å². The Morgan fingerprint density at radius 2 is 1.87 bits per heavy atom. The van der Waals surface area contributed by atoms with E-state index in [4.69, 9.17) is 24.7 Å². The van der Waals surface area contributed by atoms with Gasteiger partial charge in [0.2, 0.25) is 5.78 Å². The fourth-order valence-electron chi connectivity index (χ4n) is 3.21. The molecule has 0 saturated carbocycles. The third-order valence-electron chi connectivity index (χ3n) is 4.61. The fourth-order valence-corrected chi connectivity index (χ4v) is 3.21. The number of carbonyl (C=O) groups excluding carboxylic acids is 1. The van der Waals surface area contributed by atoms with Gasteiger partial charge < -0.3 is 19.3 Å². The van der Waals surface area contributed by atoms with Crippen LogP contribution in [0.5, 0.6) is 23.0 Å². The molecule has 3 rings (SSSR count). The van der Waals surface area contributed by atoms with E-state index in [9.17, 15) is 9.90 Å². The van der Waals surface area contributed by atoms with Gasteiger partial charge in [0.25, 0.3) is 0 Å². The summed E-state index contributed by atoms with van der Waals surface area (Å²) in [5.74, 6) is 0.823. The Morgan fingerprint density at radius 1 is 1.13 bits per heavy atom. The Bertz CT molecular complexity index is 1080. The van der Waals surface area contributed by atoms with Crippen LogP contribution >= 0.6 is 0 Å². The van der Waals surface area contributed by atoms with Crippen LogP contribution in [0.2, 0.25) is 0 Å². The minimum atomic E-state index is -0.344. The highest BCUT2D eigenvalue weighted by molar-refractivity contribution is 6.15. The van der Waals surface area contributed by atoms with Crippen LogP contribution in [0.3, 0.4) is 0 Å². The van der Waals surface area contributed by atoms with Crippen molar-refractivity contribution in [3.8, 4) is 35.1 Å². The number of carbonyl (C=O) groups is 1. The summed E-state index contributed by atoms with van der Waals surface area (Å²) in [6, 6.07) is 12.1. The first-order valence-electron chi connectivity index (χ1n) is 9.00. The zero-order chi connectivity index (χ0) is 21.7. The standard InChI is InChI=1S/C22H19N3O5/c1-28-18-5-3-4-14(21(18)29-2)12-19-20(27)15-6-7-17(26)16(22(15)30-19)13-25(10-8-23)11-9-24/h3-7,12,26H,10-11,13H2,1-2H3/b19-12-. The van der Waals surface area contributed by atoms with Gasteiger partial charge in [-0.05, 0) is 24.3 Å². The van der Waals surface area contributed by atoms with E-state index >= 15 is 0 Å². The second-order valence-electron chi connectivity index (χ2n) is 6.42. The molecule has 0 fully saturated rings. The summed E-state index contributed by atoms with van der Waals surface area (Å²) in [7, 11) is 3.02. The first kappa shape index (κ1) is 20.7. The molecule has 2 aromatic rings. The van der Waals surface area contributed by atoms with Crippen molar-refractivity contribution in [1.29, 1.82) is 10.5 Å². The van der Waals surface area contributed by atoms with E-state index in [2.05, 4.69) is 0 Å². The molecule has 0 atom stereocenters. The van der Waals surface area contributed by atoms with E-state index in [-0.39, 0.29) is 42.7 Å². The van der Waals surface area contributed by atoms with Gasteiger partial charge in [-0.1, -0.05) is 12.1 Å². The number of hydrogen-bond acceptors (Lipinski definition) is 8.